The molecule has 1 atom stereocenters. The van der Waals surface area contributed by atoms with Crippen molar-refractivity contribution in [3.05, 3.63) is 70.2 Å². The number of halogens is 1. The second-order valence-electron chi connectivity index (χ2n) is 8.41. The highest BCUT2D eigenvalue weighted by atomic mass is 35.5. The lowest BCUT2D eigenvalue weighted by atomic mass is 9.93. The van der Waals surface area contributed by atoms with Gasteiger partial charge < -0.3 is 15.5 Å². The molecule has 8 nitrogen and oxygen atoms in total. The van der Waals surface area contributed by atoms with E-state index in [1.165, 1.54) is 16.7 Å². The molecule has 9 heteroatoms. The molecule has 2 aliphatic rings. The highest BCUT2D eigenvalue weighted by Crippen LogP contribution is 2.24. The quantitative estimate of drug-likeness (QED) is 0.537. The van der Waals surface area contributed by atoms with E-state index in [1.807, 2.05) is 18.2 Å². The number of hydrogen-bond acceptors (Lipinski definition) is 5. The van der Waals surface area contributed by atoms with E-state index in [0.29, 0.717) is 0 Å². The number of rotatable bonds is 5. The van der Waals surface area contributed by atoms with Crippen LogP contribution in [0.5, 0.6) is 0 Å². The minimum atomic E-state index is -0.250. The number of nitrogens with one attached hydrogen (secondary N) is 1. The third-order valence-corrected chi connectivity index (χ3v) is 6.71. The van der Waals surface area contributed by atoms with Crippen LogP contribution < -0.4 is 5.32 Å². The lowest BCUT2D eigenvalue weighted by molar-refractivity contribution is -0.128. The molecular formula is C26H34ClN3O5. The average Bonchev–Trinajstić information content (AvgIpc) is 2.86. The lowest BCUT2D eigenvalue weighted by Gasteiger charge is -2.37. The second kappa shape index (κ2) is 15.1. The van der Waals surface area contributed by atoms with Gasteiger partial charge in [-0.15, -0.1) is 0 Å². The standard InChI is InChI=1S/C24H30ClN3O.2CH2O2/c1-2-28-17-19-8-4-3-7-18(19)15-23(28)24(29)26-21-11-13-27(14-12-21)16-20-9-5-6-10-22(20)25;2*2-1-3/h3-10,21,23H,2,11-17H2,1H3,(H,26,29);2*1H,(H,2,3). The molecule has 1 saturated heterocycles. The van der Waals surface area contributed by atoms with Gasteiger partial charge in [0, 0.05) is 37.2 Å². The Hall–Kier alpha value is -2.94. The summed E-state index contributed by atoms with van der Waals surface area (Å²) in [6.45, 7) is 6.25. The Morgan fingerprint density at radius 1 is 1.03 bits per heavy atom. The first-order valence-corrected chi connectivity index (χ1v) is 12.1. The number of carboxylic acid groups (broad SMARTS) is 2. The second-order valence-corrected chi connectivity index (χ2v) is 8.82. The molecule has 190 valence electrons. The van der Waals surface area contributed by atoms with E-state index < -0.39 is 0 Å². The highest BCUT2D eigenvalue weighted by molar-refractivity contribution is 6.31. The first kappa shape index (κ1) is 28.3. The van der Waals surface area contributed by atoms with Gasteiger partial charge in [0.1, 0.15) is 0 Å². The fraction of sp³-hybridized carbons (Fsp3) is 0.423. The molecule has 1 unspecified atom stereocenters. The molecule has 0 saturated carbocycles. The Morgan fingerprint density at radius 2 is 1.60 bits per heavy atom. The largest absolute Gasteiger partial charge is 0.483 e. The summed E-state index contributed by atoms with van der Waals surface area (Å²) in [6, 6.07) is 16.8. The summed E-state index contributed by atoms with van der Waals surface area (Å²) in [6.07, 6.45) is 2.79. The molecule has 35 heavy (non-hydrogen) atoms. The third-order valence-electron chi connectivity index (χ3n) is 6.34. The van der Waals surface area contributed by atoms with Crippen molar-refractivity contribution in [2.75, 3.05) is 19.6 Å². The highest BCUT2D eigenvalue weighted by Gasteiger charge is 2.32. The number of nitrogens with zero attached hydrogens (tertiary/aromatic N) is 2. The molecule has 0 spiro atoms. The third kappa shape index (κ3) is 8.65. The van der Waals surface area contributed by atoms with E-state index in [1.54, 1.807) is 0 Å². The fourth-order valence-electron chi connectivity index (χ4n) is 4.57. The van der Waals surface area contributed by atoms with Crippen LogP contribution in [-0.2, 0) is 33.9 Å². The van der Waals surface area contributed by atoms with Crippen LogP contribution in [0.25, 0.3) is 0 Å². The maximum atomic E-state index is 13.1. The molecule has 1 fully saturated rings. The van der Waals surface area contributed by atoms with Gasteiger partial charge in [0.15, 0.2) is 0 Å². The maximum absolute atomic E-state index is 13.1. The molecule has 3 N–H and O–H groups in total. The first-order valence-electron chi connectivity index (χ1n) is 11.7. The predicted molar refractivity (Wildman–Crippen MR) is 135 cm³/mol. The van der Waals surface area contributed by atoms with Gasteiger partial charge in [-0.3, -0.25) is 24.2 Å². The summed E-state index contributed by atoms with van der Waals surface area (Å²) in [4.78, 5) is 34.5. The molecule has 2 aromatic carbocycles. The monoisotopic (exact) mass is 503 g/mol. The number of carbonyl (C=O) groups excluding carboxylic acids is 1. The average molecular weight is 504 g/mol. The van der Waals surface area contributed by atoms with Crippen LogP contribution in [0.3, 0.4) is 0 Å². The molecule has 2 aromatic rings. The van der Waals surface area contributed by atoms with Crippen molar-refractivity contribution in [3.63, 3.8) is 0 Å². The Labute approximate surface area is 211 Å². The van der Waals surface area contributed by atoms with Crippen LogP contribution in [0, 0.1) is 0 Å². The van der Waals surface area contributed by atoms with Crippen LogP contribution >= 0.6 is 11.6 Å². The molecule has 4 rings (SSSR count). The van der Waals surface area contributed by atoms with Crippen LogP contribution in [0.2, 0.25) is 5.02 Å². The Balaban J connectivity index is 0.000000655. The number of benzene rings is 2. The van der Waals surface area contributed by atoms with Gasteiger partial charge in [0.2, 0.25) is 5.91 Å². The van der Waals surface area contributed by atoms with Crippen LogP contribution in [0.15, 0.2) is 48.5 Å². The van der Waals surface area contributed by atoms with Crippen molar-refractivity contribution in [1.29, 1.82) is 0 Å². The van der Waals surface area contributed by atoms with Crippen molar-refractivity contribution < 1.29 is 24.6 Å². The van der Waals surface area contributed by atoms with Crippen molar-refractivity contribution in [2.45, 2.75) is 51.4 Å². The summed E-state index contributed by atoms with van der Waals surface area (Å²) in [5, 5.41) is 18.0. The first-order chi connectivity index (χ1) is 17.0. The SMILES string of the molecule is CCN1Cc2ccccc2CC1C(=O)NC1CCN(Cc2ccccc2Cl)CC1.O=CO.O=CO. The number of likely N-dealkylation sites (N-methyl/N-ethyl adjacent to an activating group) is 1. The van der Waals surface area contributed by atoms with E-state index in [9.17, 15) is 4.79 Å². The number of carbonyl (C=O) groups is 3. The molecule has 0 radical (unpaired) electrons. The molecule has 0 aliphatic carbocycles. The molecular weight excluding hydrogens is 470 g/mol. The predicted octanol–water partition coefficient (Wildman–Crippen LogP) is 3.27. The Morgan fingerprint density at radius 3 is 2.20 bits per heavy atom. The van der Waals surface area contributed by atoms with Crippen LogP contribution in [0.4, 0.5) is 0 Å². The normalized spacial score (nSPS) is 18.1. The van der Waals surface area contributed by atoms with E-state index in [-0.39, 0.29) is 30.9 Å². The van der Waals surface area contributed by atoms with Gasteiger partial charge in [-0.2, -0.15) is 0 Å². The topological polar surface area (TPSA) is 110 Å². The van der Waals surface area contributed by atoms with Crippen molar-refractivity contribution in [1.82, 2.24) is 15.1 Å². The molecule has 0 aromatic heterocycles. The van der Waals surface area contributed by atoms with Crippen LogP contribution in [-0.4, -0.2) is 70.6 Å². The van der Waals surface area contributed by atoms with E-state index in [2.05, 4.69) is 52.4 Å². The van der Waals surface area contributed by atoms with Crippen molar-refractivity contribution in [2.24, 2.45) is 0 Å². The molecule has 2 heterocycles. The summed E-state index contributed by atoms with van der Waals surface area (Å²) in [5.41, 5.74) is 3.84. The van der Waals surface area contributed by atoms with Gasteiger partial charge in [-0.1, -0.05) is 61.0 Å². The Bertz CT molecular complexity index is 944. The number of likely N-dealkylation sites (tertiary alicyclic amines) is 1. The van der Waals surface area contributed by atoms with Gasteiger partial charge in [-0.25, -0.2) is 0 Å². The summed E-state index contributed by atoms with van der Waals surface area (Å²) in [7, 11) is 0. The zero-order valence-electron chi connectivity index (χ0n) is 20.0. The van der Waals surface area contributed by atoms with Gasteiger partial charge in [0.25, 0.3) is 12.9 Å². The summed E-state index contributed by atoms with van der Waals surface area (Å²) in [5.74, 6) is 0.186. The van der Waals surface area contributed by atoms with Gasteiger partial charge in [-0.05, 0) is 48.6 Å². The smallest absolute Gasteiger partial charge is 0.290 e. The lowest BCUT2D eigenvalue weighted by Crippen LogP contribution is -2.54. The number of fused-ring (bicyclic) bond motifs is 1. The van der Waals surface area contributed by atoms with E-state index >= 15 is 0 Å². The van der Waals surface area contributed by atoms with E-state index in [4.69, 9.17) is 31.4 Å². The zero-order chi connectivity index (χ0) is 25.6. The zero-order valence-corrected chi connectivity index (χ0v) is 20.7. The molecule has 1 amide bonds. The number of piperidine rings is 1. The van der Waals surface area contributed by atoms with Gasteiger partial charge >= 0.3 is 0 Å². The van der Waals surface area contributed by atoms with Crippen LogP contribution in [0.1, 0.15) is 36.5 Å². The molecule has 2 aliphatic heterocycles. The maximum Gasteiger partial charge on any atom is 0.290 e. The summed E-state index contributed by atoms with van der Waals surface area (Å²) >= 11 is 6.30. The Kier molecular flexibility index (Phi) is 12.2. The summed E-state index contributed by atoms with van der Waals surface area (Å²) < 4.78 is 0. The van der Waals surface area contributed by atoms with Crippen molar-refractivity contribution >= 4 is 30.5 Å². The van der Waals surface area contributed by atoms with E-state index in [0.717, 1.165) is 57.0 Å². The minimum Gasteiger partial charge on any atom is -0.483 e. The van der Waals surface area contributed by atoms with Gasteiger partial charge in [0.05, 0.1) is 6.04 Å². The number of amides is 1. The minimum absolute atomic E-state index is 0.0592. The number of hydrogen-bond donors (Lipinski definition) is 3. The van der Waals surface area contributed by atoms with Crippen molar-refractivity contribution in [3.8, 4) is 0 Å². The molecule has 0 bridgehead atoms. The fourth-order valence-corrected chi connectivity index (χ4v) is 4.76.